The molecule has 0 fully saturated rings. The summed E-state index contributed by atoms with van der Waals surface area (Å²) in [6.07, 6.45) is 0. The third kappa shape index (κ3) is 2.86. The molecule has 0 aromatic heterocycles. The molecule has 15 heavy (non-hydrogen) atoms. The molecule has 1 unspecified atom stereocenters. The van der Waals surface area contributed by atoms with Gasteiger partial charge < -0.3 is 10.6 Å². The van der Waals surface area contributed by atoms with Gasteiger partial charge in [-0.05, 0) is 32.9 Å². The number of halogens is 1. The smallest absolute Gasteiger partial charge is 0.0639 e. The molecule has 0 aliphatic rings. The lowest BCUT2D eigenvalue weighted by atomic mass is 10.1. The first kappa shape index (κ1) is 12.3. The minimum atomic E-state index is 0.296. The second-order valence-corrected chi connectivity index (χ2v) is 4.44. The van der Waals surface area contributed by atoms with E-state index in [0.717, 1.165) is 10.7 Å². The van der Waals surface area contributed by atoms with Gasteiger partial charge in [0.1, 0.15) is 0 Å². The van der Waals surface area contributed by atoms with Crippen molar-refractivity contribution in [2.75, 3.05) is 11.4 Å². The summed E-state index contributed by atoms with van der Waals surface area (Å²) in [7, 11) is 0. The van der Waals surface area contributed by atoms with E-state index in [1.807, 2.05) is 24.3 Å². The van der Waals surface area contributed by atoms with Crippen LogP contribution < -0.4 is 10.6 Å². The molecule has 0 amide bonds. The second-order valence-electron chi connectivity index (χ2n) is 4.04. The maximum Gasteiger partial charge on any atom is 0.0639 e. The molecular formula is C12H19ClN2. The topological polar surface area (TPSA) is 29.3 Å². The van der Waals surface area contributed by atoms with E-state index in [0.29, 0.717) is 18.6 Å². The van der Waals surface area contributed by atoms with Crippen molar-refractivity contribution in [1.29, 1.82) is 0 Å². The second kappa shape index (κ2) is 5.38. The van der Waals surface area contributed by atoms with Gasteiger partial charge in [-0.1, -0.05) is 23.7 Å². The van der Waals surface area contributed by atoms with Gasteiger partial charge in [0.2, 0.25) is 0 Å². The van der Waals surface area contributed by atoms with Crippen LogP contribution in [0, 0.1) is 0 Å². The zero-order valence-corrected chi connectivity index (χ0v) is 10.3. The molecule has 1 aromatic carbocycles. The van der Waals surface area contributed by atoms with Crippen LogP contribution in [0.5, 0.6) is 0 Å². The Hall–Kier alpha value is -0.730. The van der Waals surface area contributed by atoms with Crippen molar-refractivity contribution in [1.82, 2.24) is 0 Å². The highest BCUT2D eigenvalue weighted by Crippen LogP contribution is 2.28. The van der Waals surface area contributed by atoms with Crippen molar-refractivity contribution in [3.8, 4) is 0 Å². The van der Waals surface area contributed by atoms with E-state index in [1.54, 1.807) is 0 Å². The van der Waals surface area contributed by atoms with E-state index in [1.165, 1.54) is 0 Å². The number of nitrogens with two attached hydrogens (primary N) is 1. The van der Waals surface area contributed by atoms with Crippen molar-refractivity contribution in [2.45, 2.75) is 32.9 Å². The van der Waals surface area contributed by atoms with Gasteiger partial charge in [-0.15, -0.1) is 0 Å². The van der Waals surface area contributed by atoms with Gasteiger partial charge in [0, 0.05) is 18.6 Å². The molecule has 1 aromatic rings. The highest BCUT2D eigenvalue weighted by Gasteiger charge is 2.18. The Morgan fingerprint density at radius 1 is 1.27 bits per heavy atom. The molecule has 84 valence electrons. The molecule has 2 N–H and O–H groups in total. The van der Waals surface area contributed by atoms with E-state index < -0.39 is 0 Å². The van der Waals surface area contributed by atoms with E-state index in [4.69, 9.17) is 17.3 Å². The molecule has 2 nitrogen and oxygen atoms in total. The summed E-state index contributed by atoms with van der Waals surface area (Å²) in [5.41, 5.74) is 6.78. The van der Waals surface area contributed by atoms with Crippen LogP contribution in [-0.4, -0.2) is 18.6 Å². The monoisotopic (exact) mass is 226 g/mol. The van der Waals surface area contributed by atoms with Gasteiger partial charge in [-0.3, -0.25) is 0 Å². The Morgan fingerprint density at radius 2 is 1.87 bits per heavy atom. The zero-order chi connectivity index (χ0) is 11.4. The highest BCUT2D eigenvalue weighted by atomic mass is 35.5. The molecule has 0 heterocycles. The van der Waals surface area contributed by atoms with Crippen LogP contribution in [0.3, 0.4) is 0 Å². The SMILES string of the molecule is CC(C)N(c1ccccc1Cl)C(C)CN. The number of hydrogen-bond acceptors (Lipinski definition) is 2. The van der Waals surface area contributed by atoms with Gasteiger partial charge in [0.15, 0.2) is 0 Å². The van der Waals surface area contributed by atoms with Gasteiger partial charge in [-0.25, -0.2) is 0 Å². The molecule has 1 atom stereocenters. The Labute approximate surface area is 97.0 Å². The standard InChI is InChI=1S/C12H19ClN2/c1-9(2)15(10(3)8-14)12-7-5-4-6-11(12)13/h4-7,9-10H,8,14H2,1-3H3. The number of para-hydroxylation sites is 1. The molecule has 0 saturated carbocycles. The molecule has 0 aliphatic heterocycles. The molecule has 0 saturated heterocycles. The first-order chi connectivity index (χ1) is 7.07. The summed E-state index contributed by atoms with van der Waals surface area (Å²) in [5, 5.41) is 0.784. The fraction of sp³-hybridized carbons (Fsp3) is 0.500. The Bertz CT molecular complexity index is 312. The van der Waals surface area contributed by atoms with E-state index in [-0.39, 0.29) is 0 Å². The molecule has 0 radical (unpaired) electrons. The van der Waals surface area contributed by atoms with Crippen molar-refractivity contribution in [3.63, 3.8) is 0 Å². The maximum absolute atomic E-state index is 6.18. The lowest BCUT2D eigenvalue weighted by Gasteiger charge is -2.35. The van der Waals surface area contributed by atoms with Crippen LogP contribution in [0.25, 0.3) is 0 Å². The number of nitrogens with zero attached hydrogens (tertiary/aromatic N) is 1. The minimum absolute atomic E-state index is 0.296. The lowest BCUT2D eigenvalue weighted by Crippen LogP contribution is -2.43. The zero-order valence-electron chi connectivity index (χ0n) is 9.57. The Kier molecular flexibility index (Phi) is 4.43. The third-order valence-corrected chi connectivity index (χ3v) is 2.82. The molecule has 0 bridgehead atoms. The van der Waals surface area contributed by atoms with Crippen LogP contribution in [-0.2, 0) is 0 Å². The predicted molar refractivity (Wildman–Crippen MR) is 67.6 cm³/mol. The van der Waals surface area contributed by atoms with Gasteiger partial charge in [0.05, 0.1) is 10.7 Å². The predicted octanol–water partition coefficient (Wildman–Crippen LogP) is 2.90. The molecule has 1 rings (SSSR count). The highest BCUT2D eigenvalue weighted by molar-refractivity contribution is 6.33. The largest absolute Gasteiger partial charge is 0.364 e. The van der Waals surface area contributed by atoms with Crippen LogP contribution in [0.2, 0.25) is 5.02 Å². The molecule has 0 aliphatic carbocycles. The average Bonchev–Trinajstić information content (AvgIpc) is 2.20. The Morgan fingerprint density at radius 3 is 2.33 bits per heavy atom. The van der Waals surface area contributed by atoms with E-state index >= 15 is 0 Å². The first-order valence-electron chi connectivity index (χ1n) is 5.30. The van der Waals surface area contributed by atoms with E-state index in [9.17, 15) is 0 Å². The van der Waals surface area contributed by atoms with Crippen molar-refractivity contribution < 1.29 is 0 Å². The van der Waals surface area contributed by atoms with Crippen LogP contribution in [0.15, 0.2) is 24.3 Å². The fourth-order valence-electron chi connectivity index (χ4n) is 1.80. The van der Waals surface area contributed by atoms with E-state index in [2.05, 4.69) is 25.7 Å². The Balaban J connectivity index is 3.04. The normalized spacial score (nSPS) is 12.9. The number of rotatable bonds is 4. The minimum Gasteiger partial charge on any atom is -0.364 e. The maximum atomic E-state index is 6.18. The fourth-order valence-corrected chi connectivity index (χ4v) is 2.03. The molecular weight excluding hydrogens is 208 g/mol. The number of benzene rings is 1. The summed E-state index contributed by atoms with van der Waals surface area (Å²) in [6, 6.07) is 8.58. The third-order valence-electron chi connectivity index (χ3n) is 2.50. The van der Waals surface area contributed by atoms with Crippen LogP contribution in [0.4, 0.5) is 5.69 Å². The van der Waals surface area contributed by atoms with Crippen molar-refractivity contribution in [2.24, 2.45) is 5.73 Å². The van der Waals surface area contributed by atoms with Crippen LogP contribution in [0.1, 0.15) is 20.8 Å². The number of hydrogen-bond donors (Lipinski definition) is 1. The first-order valence-corrected chi connectivity index (χ1v) is 5.68. The van der Waals surface area contributed by atoms with Crippen LogP contribution >= 0.6 is 11.6 Å². The quantitative estimate of drug-likeness (QED) is 0.856. The lowest BCUT2D eigenvalue weighted by molar-refractivity contribution is 0.581. The van der Waals surface area contributed by atoms with Crippen molar-refractivity contribution >= 4 is 17.3 Å². The van der Waals surface area contributed by atoms with Gasteiger partial charge in [-0.2, -0.15) is 0 Å². The molecule has 0 spiro atoms. The summed E-state index contributed by atoms with van der Waals surface area (Å²) >= 11 is 6.18. The average molecular weight is 227 g/mol. The number of anilines is 1. The summed E-state index contributed by atoms with van der Waals surface area (Å²) in [4.78, 5) is 2.25. The van der Waals surface area contributed by atoms with Crippen molar-refractivity contribution in [3.05, 3.63) is 29.3 Å². The summed E-state index contributed by atoms with van der Waals surface area (Å²) in [5.74, 6) is 0. The van der Waals surface area contributed by atoms with Gasteiger partial charge in [0.25, 0.3) is 0 Å². The summed E-state index contributed by atoms with van der Waals surface area (Å²) in [6.45, 7) is 7.04. The molecule has 3 heteroatoms. The van der Waals surface area contributed by atoms with Gasteiger partial charge >= 0.3 is 0 Å². The summed E-state index contributed by atoms with van der Waals surface area (Å²) < 4.78 is 0.